The molecule has 1 saturated heterocycles. The first-order chi connectivity index (χ1) is 5.90. The Kier molecular flexibility index (Phi) is 3.33. The first-order valence-corrected chi connectivity index (χ1v) is 4.73. The molecule has 3 nitrogen and oxygen atoms in total. The van der Waals surface area contributed by atoms with Gasteiger partial charge in [-0.3, -0.25) is 0 Å². The molecule has 77 valence electrons. The van der Waals surface area contributed by atoms with Crippen LogP contribution in [-0.2, 0) is 4.74 Å². The van der Waals surface area contributed by atoms with Gasteiger partial charge >= 0.3 is 0 Å². The van der Waals surface area contributed by atoms with Gasteiger partial charge in [-0.1, -0.05) is 20.8 Å². The van der Waals surface area contributed by atoms with Gasteiger partial charge in [0.1, 0.15) is 6.10 Å². The monoisotopic (exact) mass is 187 g/mol. The molecule has 1 radical (unpaired) electrons. The topological polar surface area (TPSA) is 49.7 Å². The Balaban J connectivity index is 2.49. The van der Waals surface area contributed by atoms with E-state index in [1.54, 1.807) is 6.61 Å². The highest BCUT2D eigenvalue weighted by atomic mass is 16.5. The van der Waals surface area contributed by atoms with Crippen LogP contribution < -0.4 is 0 Å². The summed E-state index contributed by atoms with van der Waals surface area (Å²) in [6.45, 7) is 7.85. The summed E-state index contributed by atoms with van der Waals surface area (Å²) in [4.78, 5) is 0. The molecule has 0 unspecified atom stereocenters. The number of aliphatic hydroxyl groups is 2. The summed E-state index contributed by atoms with van der Waals surface area (Å²) in [7, 11) is 0. The van der Waals surface area contributed by atoms with Crippen molar-refractivity contribution in [2.75, 3.05) is 0 Å². The summed E-state index contributed by atoms with van der Waals surface area (Å²) in [5.74, 6) is 0. The summed E-state index contributed by atoms with van der Waals surface area (Å²) < 4.78 is 5.30. The zero-order chi connectivity index (χ0) is 10.1. The molecule has 0 aromatic rings. The van der Waals surface area contributed by atoms with Gasteiger partial charge in [0.05, 0.1) is 18.8 Å². The Morgan fingerprint density at radius 1 is 1.38 bits per heavy atom. The van der Waals surface area contributed by atoms with Crippen molar-refractivity contribution in [3.8, 4) is 0 Å². The van der Waals surface area contributed by atoms with Crippen molar-refractivity contribution in [1.82, 2.24) is 0 Å². The fraction of sp³-hybridized carbons (Fsp3) is 0.900. The van der Waals surface area contributed by atoms with Crippen LogP contribution in [0.25, 0.3) is 0 Å². The predicted molar refractivity (Wildman–Crippen MR) is 49.9 cm³/mol. The average Bonchev–Trinajstić information content (AvgIpc) is 1.96. The second-order valence-corrected chi connectivity index (χ2v) is 4.90. The van der Waals surface area contributed by atoms with Crippen molar-refractivity contribution in [2.45, 2.75) is 51.9 Å². The van der Waals surface area contributed by atoms with E-state index in [4.69, 9.17) is 4.74 Å². The normalized spacial score (nSPS) is 36.2. The fourth-order valence-corrected chi connectivity index (χ4v) is 1.52. The van der Waals surface area contributed by atoms with Gasteiger partial charge in [-0.15, -0.1) is 0 Å². The molecule has 3 atom stereocenters. The van der Waals surface area contributed by atoms with Gasteiger partial charge in [-0.25, -0.2) is 0 Å². The maximum absolute atomic E-state index is 9.61. The summed E-state index contributed by atoms with van der Waals surface area (Å²) >= 11 is 0. The molecule has 13 heavy (non-hydrogen) atoms. The van der Waals surface area contributed by atoms with Gasteiger partial charge in [0, 0.05) is 6.42 Å². The van der Waals surface area contributed by atoms with E-state index in [2.05, 4.69) is 20.8 Å². The van der Waals surface area contributed by atoms with Crippen LogP contribution in [0.4, 0.5) is 0 Å². The number of rotatable bonds is 1. The van der Waals surface area contributed by atoms with Gasteiger partial charge in [0.25, 0.3) is 0 Å². The zero-order valence-electron chi connectivity index (χ0n) is 8.53. The van der Waals surface area contributed by atoms with Gasteiger partial charge < -0.3 is 14.9 Å². The maximum Gasteiger partial charge on any atom is 0.106 e. The Morgan fingerprint density at radius 3 is 2.54 bits per heavy atom. The summed E-state index contributed by atoms with van der Waals surface area (Å²) in [6, 6.07) is 0. The number of hydrogen-bond donors (Lipinski definition) is 2. The standard InChI is InChI=1S/C10H19O3/c1-10(2,3)6-8-9(12)7(11)4-5-13-8/h5,7-9,11-12H,4,6H2,1-3H3/t7-,8-,9+/m1/s1. The molecule has 0 spiro atoms. The lowest BCUT2D eigenvalue weighted by atomic mass is 9.85. The van der Waals surface area contributed by atoms with Crippen molar-refractivity contribution in [2.24, 2.45) is 5.41 Å². The molecule has 0 aliphatic carbocycles. The second kappa shape index (κ2) is 3.95. The van der Waals surface area contributed by atoms with Crippen molar-refractivity contribution >= 4 is 0 Å². The SMILES string of the molecule is CC(C)(C)C[C@H]1O[CH]C[C@@H](O)[C@@H]1O. The average molecular weight is 187 g/mol. The van der Waals surface area contributed by atoms with Crippen LogP contribution in [-0.4, -0.2) is 28.5 Å². The molecule has 0 bridgehead atoms. The third kappa shape index (κ3) is 3.25. The molecule has 3 heteroatoms. The molecule has 2 N–H and O–H groups in total. The van der Waals surface area contributed by atoms with Crippen LogP contribution >= 0.6 is 0 Å². The third-order valence-corrected chi connectivity index (χ3v) is 2.20. The lowest BCUT2D eigenvalue weighted by Crippen LogP contribution is -2.44. The Bertz CT molecular complexity index is 162. The first kappa shape index (κ1) is 11.0. The lowest BCUT2D eigenvalue weighted by molar-refractivity contribution is -0.121. The largest absolute Gasteiger partial charge is 0.390 e. The van der Waals surface area contributed by atoms with E-state index < -0.39 is 12.2 Å². The van der Waals surface area contributed by atoms with Crippen LogP contribution in [0.3, 0.4) is 0 Å². The van der Waals surface area contributed by atoms with Gasteiger partial charge in [-0.05, 0) is 11.8 Å². The van der Waals surface area contributed by atoms with Crippen LogP contribution in [0.15, 0.2) is 0 Å². The molecule has 0 saturated carbocycles. The summed E-state index contributed by atoms with van der Waals surface area (Å²) in [6.07, 6.45) is -0.502. The third-order valence-electron chi connectivity index (χ3n) is 2.20. The lowest BCUT2D eigenvalue weighted by Gasteiger charge is -2.35. The van der Waals surface area contributed by atoms with Gasteiger partial charge in [0.15, 0.2) is 0 Å². The molecule has 0 amide bonds. The van der Waals surface area contributed by atoms with Crippen LogP contribution in [0.5, 0.6) is 0 Å². The van der Waals surface area contributed by atoms with E-state index in [1.807, 2.05) is 0 Å². The minimum absolute atomic E-state index is 0.108. The highest BCUT2D eigenvalue weighted by Gasteiger charge is 2.34. The highest BCUT2D eigenvalue weighted by molar-refractivity contribution is 4.87. The molecular weight excluding hydrogens is 168 g/mol. The predicted octanol–water partition coefficient (Wildman–Crippen LogP) is 1.10. The van der Waals surface area contributed by atoms with Crippen molar-refractivity contribution < 1.29 is 14.9 Å². The zero-order valence-corrected chi connectivity index (χ0v) is 8.53. The van der Waals surface area contributed by atoms with E-state index in [-0.39, 0.29) is 11.5 Å². The summed E-state index contributed by atoms with van der Waals surface area (Å²) in [5.41, 5.74) is 0.108. The van der Waals surface area contributed by atoms with Gasteiger partial charge in [-0.2, -0.15) is 0 Å². The van der Waals surface area contributed by atoms with E-state index in [9.17, 15) is 10.2 Å². The molecule has 1 rings (SSSR count). The fourth-order valence-electron chi connectivity index (χ4n) is 1.52. The number of aliphatic hydroxyl groups excluding tert-OH is 2. The molecule has 1 heterocycles. The van der Waals surface area contributed by atoms with Crippen molar-refractivity contribution in [3.05, 3.63) is 6.61 Å². The van der Waals surface area contributed by atoms with Gasteiger partial charge in [0.2, 0.25) is 0 Å². The van der Waals surface area contributed by atoms with Crippen LogP contribution in [0.1, 0.15) is 33.6 Å². The second-order valence-electron chi connectivity index (χ2n) is 4.90. The van der Waals surface area contributed by atoms with E-state index in [0.717, 1.165) is 6.42 Å². The first-order valence-electron chi connectivity index (χ1n) is 4.73. The molecule has 1 aliphatic rings. The Hall–Kier alpha value is -0.120. The van der Waals surface area contributed by atoms with E-state index in [1.165, 1.54) is 0 Å². The van der Waals surface area contributed by atoms with Crippen molar-refractivity contribution in [1.29, 1.82) is 0 Å². The van der Waals surface area contributed by atoms with E-state index in [0.29, 0.717) is 6.42 Å². The highest BCUT2D eigenvalue weighted by Crippen LogP contribution is 2.28. The molecule has 1 aliphatic heterocycles. The number of ether oxygens (including phenoxy) is 1. The smallest absolute Gasteiger partial charge is 0.106 e. The van der Waals surface area contributed by atoms with Crippen LogP contribution in [0.2, 0.25) is 0 Å². The molecule has 0 aromatic heterocycles. The molecule has 1 fully saturated rings. The minimum atomic E-state index is -0.746. The summed E-state index contributed by atoms with van der Waals surface area (Å²) in [5, 5.41) is 19.0. The van der Waals surface area contributed by atoms with Crippen molar-refractivity contribution in [3.63, 3.8) is 0 Å². The Labute approximate surface area is 79.7 Å². The van der Waals surface area contributed by atoms with E-state index >= 15 is 0 Å². The molecule has 0 aromatic carbocycles. The number of hydrogen-bond acceptors (Lipinski definition) is 3. The van der Waals surface area contributed by atoms with Crippen LogP contribution in [0, 0.1) is 12.0 Å². The Morgan fingerprint density at radius 2 is 2.00 bits per heavy atom. The maximum atomic E-state index is 9.61. The molecular formula is C10H19O3. The minimum Gasteiger partial charge on any atom is -0.390 e. The quantitative estimate of drug-likeness (QED) is 0.646.